The van der Waals surface area contributed by atoms with Crippen LogP contribution in [-0.2, 0) is 10.0 Å². The summed E-state index contributed by atoms with van der Waals surface area (Å²) in [5.74, 6) is 0.783. The van der Waals surface area contributed by atoms with E-state index >= 15 is 0 Å². The van der Waals surface area contributed by atoms with E-state index in [-0.39, 0.29) is 10.0 Å². The van der Waals surface area contributed by atoms with Gasteiger partial charge in [-0.15, -0.1) is 21.5 Å². The number of nitrogens with zero attached hydrogens (tertiary/aromatic N) is 2. The summed E-state index contributed by atoms with van der Waals surface area (Å²) in [6.07, 6.45) is 2.12. The molecular formula is C12H15ClN4O2S2. The van der Waals surface area contributed by atoms with Crippen molar-refractivity contribution in [2.75, 3.05) is 16.6 Å². The van der Waals surface area contributed by atoms with Crippen molar-refractivity contribution in [2.24, 2.45) is 0 Å². The predicted molar refractivity (Wildman–Crippen MR) is 85.6 cm³/mol. The fourth-order valence-corrected chi connectivity index (χ4v) is 3.98. The Labute approximate surface area is 132 Å². The van der Waals surface area contributed by atoms with Gasteiger partial charge < -0.3 is 5.32 Å². The summed E-state index contributed by atoms with van der Waals surface area (Å²) >= 11 is 6.73. The van der Waals surface area contributed by atoms with Gasteiger partial charge in [0.1, 0.15) is 10.0 Å². The van der Waals surface area contributed by atoms with Gasteiger partial charge in [-0.25, -0.2) is 8.42 Å². The first-order chi connectivity index (χ1) is 10.0. The molecule has 0 aliphatic carbocycles. The van der Waals surface area contributed by atoms with E-state index < -0.39 is 10.0 Å². The van der Waals surface area contributed by atoms with Gasteiger partial charge in [0.05, 0.1) is 4.34 Å². The minimum absolute atomic E-state index is 0.138. The van der Waals surface area contributed by atoms with Crippen molar-refractivity contribution in [3.63, 3.8) is 0 Å². The third-order valence-electron chi connectivity index (χ3n) is 2.55. The van der Waals surface area contributed by atoms with Crippen LogP contribution in [0.25, 0.3) is 0 Å². The molecule has 0 radical (unpaired) electrons. The molecule has 0 aromatic carbocycles. The molecule has 2 heterocycles. The Balaban J connectivity index is 2.03. The molecule has 9 heteroatoms. The van der Waals surface area contributed by atoms with Gasteiger partial charge >= 0.3 is 0 Å². The first-order valence-corrected chi connectivity index (χ1v) is 9.05. The molecule has 0 bridgehead atoms. The zero-order valence-corrected chi connectivity index (χ0v) is 13.7. The van der Waals surface area contributed by atoms with E-state index in [2.05, 4.69) is 27.2 Å². The summed E-state index contributed by atoms with van der Waals surface area (Å²) < 4.78 is 27.1. The largest absolute Gasteiger partial charge is 0.369 e. The molecule has 0 unspecified atom stereocenters. The van der Waals surface area contributed by atoms with Crippen LogP contribution in [0.4, 0.5) is 11.6 Å². The second kappa shape index (κ2) is 7.06. The topological polar surface area (TPSA) is 84.0 Å². The smallest absolute Gasteiger partial charge is 0.272 e. The number of aromatic nitrogens is 2. The highest BCUT2D eigenvalue weighted by Gasteiger charge is 2.17. The summed E-state index contributed by atoms with van der Waals surface area (Å²) in [4.78, 5) is 0. The number of sulfonamides is 1. The van der Waals surface area contributed by atoms with Gasteiger partial charge in [-0.05, 0) is 30.7 Å². The number of hydrogen-bond donors (Lipinski definition) is 2. The Morgan fingerprint density at radius 3 is 2.48 bits per heavy atom. The maximum atomic E-state index is 12.1. The second-order valence-corrected chi connectivity index (χ2v) is 7.87. The fraction of sp³-hybridized carbons (Fsp3) is 0.333. The first kappa shape index (κ1) is 16.0. The molecular weight excluding hydrogens is 332 g/mol. The van der Waals surface area contributed by atoms with Crippen molar-refractivity contribution >= 4 is 44.6 Å². The van der Waals surface area contributed by atoms with E-state index in [1.165, 1.54) is 12.1 Å². The standard InChI is InChI=1S/C12H15ClN4O2S2/c1-2-3-8-14-10-5-6-11(16-15-10)17-21(18,19)12-7-4-9(13)20-12/h4-7H,2-3,8H2,1H3,(H,14,15)(H,16,17). The number of thiophene rings is 1. The molecule has 114 valence electrons. The molecule has 0 amide bonds. The van der Waals surface area contributed by atoms with E-state index in [0.29, 0.717) is 10.2 Å². The van der Waals surface area contributed by atoms with E-state index in [0.717, 1.165) is 30.7 Å². The van der Waals surface area contributed by atoms with Gasteiger partial charge in [-0.1, -0.05) is 24.9 Å². The highest BCUT2D eigenvalue weighted by Crippen LogP contribution is 2.26. The van der Waals surface area contributed by atoms with Gasteiger partial charge in [0.25, 0.3) is 10.0 Å². The molecule has 0 fully saturated rings. The van der Waals surface area contributed by atoms with Crippen LogP contribution in [0, 0.1) is 0 Å². The van der Waals surface area contributed by atoms with Crippen LogP contribution in [0.3, 0.4) is 0 Å². The van der Waals surface area contributed by atoms with Crippen LogP contribution in [-0.4, -0.2) is 25.2 Å². The minimum atomic E-state index is -3.67. The number of rotatable bonds is 7. The third kappa shape index (κ3) is 4.55. The second-order valence-electron chi connectivity index (χ2n) is 4.25. The average Bonchev–Trinajstić information content (AvgIpc) is 2.88. The highest BCUT2D eigenvalue weighted by molar-refractivity contribution is 7.94. The van der Waals surface area contributed by atoms with Crippen LogP contribution in [0.5, 0.6) is 0 Å². The molecule has 0 saturated carbocycles. The normalized spacial score (nSPS) is 11.3. The monoisotopic (exact) mass is 346 g/mol. The molecule has 6 nitrogen and oxygen atoms in total. The lowest BCUT2D eigenvalue weighted by Crippen LogP contribution is -2.13. The lowest BCUT2D eigenvalue weighted by molar-refractivity contribution is 0.603. The van der Waals surface area contributed by atoms with Gasteiger partial charge in [0.15, 0.2) is 5.82 Å². The molecule has 21 heavy (non-hydrogen) atoms. The van der Waals surface area contributed by atoms with Crippen LogP contribution >= 0.6 is 22.9 Å². The van der Waals surface area contributed by atoms with Crippen molar-refractivity contribution in [3.8, 4) is 0 Å². The lowest BCUT2D eigenvalue weighted by atomic mass is 10.3. The van der Waals surface area contributed by atoms with E-state index in [1.807, 2.05) is 0 Å². The Kier molecular flexibility index (Phi) is 5.38. The first-order valence-electron chi connectivity index (χ1n) is 6.37. The molecule has 2 aromatic rings. The fourth-order valence-electron chi connectivity index (χ4n) is 1.50. The summed E-state index contributed by atoms with van der Waals surface area (Å²) in [7, 11) is -3.67. The number of hydrogen-bond acceptors (Lipinski definition) is 6. The van der Waals surface area contributed by atoms with Gasteiger partial charge in [-0.3, -0.25) is 4.72 Å². The zero-order valence-electron chi connectivity index (χ0n) is 11.3. The van der Waals surface area contributed by atoms with E-state index in [4.69, 9.17) is 11.6 Å². The average molecular weight is 347 g/mol. The quantitative estimate of drug-likeness (QED) is 0.752. The van der Waals surface area contributed by atoms with E-state index in [9.17, 15) is 8.42 Å². The Morgan fingerprint density at radius 2 is 1.90 bits per heavy atom. The maximum Gasteiger partial charge on any atom is 0.272 e. The Morgan fingerprint density at radius 1 is 1.19 bits per heavy atom. The van der Waals surface area contributed by atoms with Gasteiger partial charge in [-0.2, -0.15) is 0 Å². The van der Waals surface area contributed by atoms with Gasteiger partial charge in [0.2, 0.25) is 0 Å². The molecule has 2 aromatic heterocycles. The Bertz CT molecular complexity index is 686. The third-order valence-corrected chi connectivity index (χ3v) is 5.63. The van der Waals surface area contributed by atoms with Crippen LogP contribution in [0.15, 0.2) is 28.5 Å². The summed E-state index contributed by atoms with van der Waals surface area (Å²) in [5, 5.41) is 10.9. The van der Waals surface area contributed by atoms with Crippen LogP contribution < -0.4 is 10.0 Å². The Hall–Kier alpha value is -1.38. The minimum Gasteiger partial charge on any atom is -0.369 e. The number of halogens is 1. The van der Waals surface area contributed by atoms with Crippen molar-refractivity contribution in [1.29, 1.82) is 0 Å². The molecule has 0 atom stereocenters. The van der Waals surface area contributed by atoms with E-state index in [1.54, 1.807) is 12.1 Å². The predicted octanol–water partition coefficient (Wildman–Crippen LogP) is 3.20. The summed E-state index contributed by atoms with van der Waals surface area (Å²) in [6, 6.07) is 6.23. The number of unbranched alkanes of at least 4 members (excludes halogenated alkanes) is 1. The highest BCUT2D eigenvalue weighted by atomic mass is 35.5. The SMILES string of the molecule is CCCCNc1ccc(NS(=O)(=O)c2ccc(Cl)s2)nn1. The lowest BCUT2D eigenvalue weighted by Gasteiger charge is -2.06. The molecule has 0 spiro atoms. The van der Waals surface area contributed by atoms with Crippen molar-refractivity contribution in [1.82, 2.24) is 10.2 Å². The number of anilines is 2. The van der Waals surface area contributed by atoms with Crippen LogP contribution in [0.2, 0.25) is 4.34 Å². The summed E-state index contributed by atoms with van der Waals surface area (Å²) in [6.45, 7) is 2.91. The number of nitrogens with one attached hydrogen (secondary N) is 2. The van der Waals surface area contributed by atoms with Crippen molar-refractivity contribution in [3.05, 3.63) is 28.6 Å². The van der Waals surface area contributed by atoms with Crippen LogP contribution in [0.1, 0.15) is 19.8 Å². The maximum absolute atomic E-state index is 12.1. The van der Waals surface area contributed by atoms with Crippen molar-refractivity contribution < 1.29 is 8.42 Å². The van der Waals surface area contributed by atoms with Crippen molar-refractivity contribution in [2.45, 2.75) is 24.0 Å². The molecule has 0 aliphatic rings. The molecule has 0 saturated heterocycles. The zero-order chi connectivity index (χ0) is 15.3. The van der Waals surface area contributed by atoms with Gasteiger partial charge in [0, 0.05) is 6.54 Å². The molecule has 2 N–H and O–H groups in total. The summed E-state index contributed by atoms with van der Waals surface area (Å²) in [5.41, 5.74) is 0. The molecule has 2 rings (SSSR count). The molecule has 0 aliphatic heterocycles.